The zero-order chi connectivity index (χ0) is 20.9. The molecule has 0 spiro atoms. The number of nitrogens with one attached hydrogen (secondary N) is 1. The van der Waals surface area contributed by atoms with E-state index in [4.69, 9.17) is 4.42 Å². The van der Waals surface area contributed by atoms with Gasteiger partial charge >= 0.3 is 0 Å². The largest absolute Gasteiger partial charge is 0.458 e. The van der Waals surface area contributed by atoms with Gasteiger partial charge in [-0.1, -0.05) is 18.2 Å². The zero-order valence-corrected chi connectivity index (χ0v) is 17.5. The number of rotatable bonds is 3. The van der Waals surface area contributed by atoms with Gasteiger partial charge in [0.25, 0.3) is 5.91 Å². The maximum atomic E-state index is 13.6. The maximum absolute atomic E-state index is 13.6. The van der Waals surface area contributed by atoms with E-state index < -0.39 is 0 Å². The molecule has 4 aromatic heterocycles. The average molecular weight is 430 g/mol. The molecule has 1 aliphatic rings. The fourth-order valence-corrected chi connectivity index (χ4v) is 4.95. The van der Waals surface area contributed by atoms with Gasteiger partial charge in [0.15, 0.2) is 0 Å². The van der Waals surface area contributed by atoms with Crippen molar-refractivity contribution in [2.45, 2.75) is 12.5 Å². The molecule has 5 heterocycles. The predicted molar refractivity (Wildman–Crippen MR) is 116 cm³/mol. The van der Waals surface area contributed by atoms with Crippen LogP contribution in [0.1, 0.15) is 32.9 Å². The molecule has 0 radical (unpaired) electrons. The summed E-state index contributed by atoms with van der Waals surface area (Å²) in [5.74, 6) is 0.631. The van der Waals surface area contributed by atoms with Crippen molar-refractivity contribution in [2.75, 3.05) is 6.54 Å². The minimum absolute atomic E-state index is 0.0771. The van der Waals surface area contributed by atoms with E-state index in [0.717, 1.165) is 32.9 Å². The molecule has 5 aromatic rings. The highest BCUT2D eigenvalue weighted by molar-refractivity contribution is 7.16. The van der Waals surface area contributed by atoms with Crippen LogP contribution in [0.25, 0.3) is 21.5 Å². The van der Waals surface area contributed by atoms with Gasteiger partial charge in [-0.2, -0.15) is 5.10 Å². The molecule has 0 aliphatic carbocycles. The lowest BCUT2D eigenvalue weighted by Crippen LogP contribution is -2.40. The lowest BCUT2D eigenvalue weighted by Gasteiger charge is -2.33. The number of benzene rings is 1. The second kappa shape index (κ2) is 6.92. The number of aromatic amines is 1. The third-order valence-electron chi connectivity index (χ3n) is 5.57. The SMILES string of the molecule is Cn1cc(-c2ncc(C(=O)N3CCc4[nH]cnc4[C@H]3c3cc4ccccc4o3)s2)cn1. The molecule has 1 aromatic carbocycles. The van der Waals surface area contributed by atoms with Gasteiger partial charge < -0.3 is 14.3 Å². The summed E-state index contributed by atoms with van der Waals surface area (Å²) in [6.07, 6.45) is 7.68. The summed E-state index contributed by atoms with van der Waals surface area (Å²) in [5.41, 5.74) is 3.56. The van der Waals surface area contributed by atoms with Crippen molar-refractivity contribution < 1.29 is 9.21 Å². The monoisotopic (exact) mass is 430 g/mol. The van der Waals surface area contributed by atoms with Gasteiger partial charge in [0.1, 0.15) is 27.3 Å². The van der Waals surface area contributed by atoms with E-state index in [1.165, 1.54) is 11.3 Å². The number of fused-ring (bicyclic) bond motifs is 2. The summed E-state index contributed by atoms with van der Waals surface area (Å²) < 4.78 is 7.88. The highest BCUT2D eigenvalue weighted by Crippen LogP contribution is 2.38. The number of furan rings is 1. The summed E-state index contributed by atoms with van der Waals surface area (Å²) >= 11 is 1.37. The first-order chi connectivity index (χ1) is 15.2. The van der Waals surface area contributed by atoms with E-state index in [1.54, 1.807) is 23.4 Å². The Hall–Kier alpha value is -3.72. The summed E-state index contributed by atoms with van der Waals surface area (Å²) in [4.78, 5) is 28.2. The molecule has 31 heavy (non-hydrogen) atoms. The third kappa shape index (κ3) is 2.97. The first kappa shape index (κ1) is 18.1. The van der Waals surface area contributed by atoms with Crippen LogP contribution in [0.15, 0.2) is 59.7 Å². The van der Waals surface area contributed by atoms with Crippen LogP contribution in [0, 0.1) is 0 Å². The van der Waals surface area contributed by atoms with Gasteiger partial charge in [0.05, 0.1) is 24.4 Å². The number of aryl methyl sites for hydroxylation is 1. The second-order valence-electron chi connectivity index (χ2n) is 7.54. The maximum Gasteiger partial charge on any atom is 0.266 e. The number of carbonyl (C=O) groups is 1. The molecule has 1 aliphatic heterocycles. The number of thiazole rings is 1. The lowest BCUT2D eigenvalue weighted by atomic mass is 10.00. The predicted octanol–water partition coefficient (Wildman–Crippen LogP) is 3.80. The zero-order valence-electron chi connectivity index (χ0n) is 16.6. The molecule has 0 unspecified atom stereocenters. The number of aromatic nitrogens is 5. The van der Waals surface area contributed by atoms with Crippen molar-refractivity contribution in [3.63, 3.8) is 0 Å². The van der Waals surface area contributed by atoms with Crippen LogP contribution in [-0.4, -0.2) is 42.1 Å². The van der Waals surface area contributed by atoms with Crippen molar-refractivity contribution in [3.8, 4) is 10.6 Å². The molecule has 0 saturated heterocycles. The summed E-state index contributed by atoms with van der Waals surface area (Å²) in [7, 11) is 1.86. The van der Waals surface area contributed by atoms with Crippen LogP contribution in [0.3, 0.4) is 0 Å². The number of amides is 1. The van der Waals surface area contributed by atoms with E-state index in [-0.39, 0.29) is 11.9 Å². The van der Waals surface area contributed by atoms with E-state index in [2.05, 4.69) is 20.1 Å². The van der Waals surface area contributed by atoms with Gasteiger partial charge in [-0.3, -0.25) is 9.48 Å². The van der Waals surface area contributed by atoms with Crippen molar-refractivity contribution in [1.29, 1.82) is 0 Å². The topological polar surface area (TPSA) is 92.8 Å². The van der Waals surface area contributed by atoms with Crippen LogP contribution in [0.2, 0.25) is 0 Å². The van der Waals surface area contributed by atoms with Crippen molar-refractivity contribution in [1.82, 2.24) is 29.6 Å². The van der Waals surface area contributed by atoms with Crippen LogP contribution < -0.4 is 0 Å². The smallest absolute Gasteiger partial charge is 0.266 e. The van der Waals surface area contributed by atoms with Gasteiger partial charge in [-0.05, 0) is 12.1 Å². The molecule has 0 bridgehead atoms. The highest BCUT2D eigenvalue weighted by Gasteiger charge is 2.37. The highest BCUT2D eigenvalue weighted by atomic mass is 32.1. The molecule has 0 saturated carbocycles. The Labute approximate surface area is 181 Å². The second-order valence-corrected chi connectivity index (χ2v) is 8.57. The Kier molecular flexibility index (Phi) is 4.03. The van der Waals surface area contributed by atoms with Crippen LogP contribution in [0.5, 0.6) is 0 Å². The fourth-order valence-electron chi connectivity index (χ4n) is 4.10. The fraction of sp³-hybridized carbons (Fsp3) is 0.182. The van der Waals surface area contributed by atoms with Crippen LogP contribution in [-0.2, 0) is 13.5 Å². The van der Waals surface area contributed by atoms with Crippen molar-refractivity contribution in [2.24, 2.45) is 7.05 Å². The van der Waals surface area contributed by atoms with Gasteiger partial charge in [-0.15, -0.1) is 11.3 Å². The van der Waals surface area contributed by atoms with Gasteiger partial charge in [-0.25, -0.2) is 9.97 Å². The van der Waals surface area contributed by atoms with E-state index >= 15 is 0 Å². The molecule has 1 N–H and O–H groups in total. The number of hydrogen-bond acceptors (Lipinski definition) is 6. The number of carbonyl (C=O) groups excluding carboxylic acids is 1. The summed E-state index contributed by atoms with van der Waals surface area (Å²) in [6, 6.07) is 9.46. The molecule has 8 nitrogen and oxygen atoms in total. The molecular formula is C22H18N6O2S. The Morgan fingerprint density at radius 3 is 3.00 bits per heavy atom. The van der Waals surface area contributed by atoms with Crippen LogP contribution in [0.4, 0.5) is 0 Å². The first-order valence-corrected chi connectivity index (χ1v) is 10.8. The van der Waals surface area contributed by atoms with E-state index in [1.807, 2.05) is 48.5 Å². The molecule has 1 amide bonds. The third-order valence-corrected chi connectivity index (χ3v) is 6.60. The molecular weight excluding hydrogens is 412 g/mol. The molecule has 1 atom stereocenters. The minimum atomic E-state index is -0.390. The normalized spacial score (nSPS) is 16.0. The van der Waals surface area contributed by atoms with E-state index in [0.29, 0.717) is 23.6 Å². The Bertz CT molecular complexity index is 1380. The van der Waals surface area contributed by atoms with Crippen LogP contribution >= 0.6 is 11.3 Å². The molecule has 6 rings (SSSR count). The molecule has 9 heteroatoms. The van der Waals surface area contributed by atoms with Crippen molar-refractivity contribution in [3.05, 3.63) is 77.3 Å². The van der Waals surface area contributed by atoms with E-state index in [9.17, 15) is 4.79 Å². The lowest BCUT2D eigenvalue weighted by molar-refractivity contribution is 0.0677. The Morgan fingerprint density at radius 2 is 2.16 bits per heavy atom. The summed E-state index contributed by atoms with van der Waals surface area (Å²) in [5, 5.41) is 5.97. The molecule has 154 valence electrons. The average Bonchev–Trinajstić information content (AvgIpc) is 3.57. The first-order valence-electron chi connectivity index (χ1n) is 9.94. The minimum Gasteiger partial charge on any atom is -0.458 e. The number of imidazole rings is 1. The summed E-state index contributed by atoms with van der Waals surface area (Å²) in [6.45, 7) is 0.565. The Morgan fingerprint density at radius 1 is 1.26 bits per heavy atom. The van der Waals surface area contributed by atoms with Gasteiger partial charge in [0, 0.05) is 42.9 Å². The number of para-hydroxylation sites is 1. The number of hydrogen-bond donors (Lipinski definition) is 1. The Balaban J connectivity index is 1.40. The standard InChI is InChI=1S/C22H18N6O2S/c1-27-11-14(9-26-27)21-23-10-18(31-21)22(29)28-7-6-15-19(25-12-24-15)20(28)17-8-13-4-2-3-5-16(13)30-17/h2-5,8-12,20H,6-7H2,1H3,(H,24,25)/t20-/m1/s1. The number of nitrogens with zero attached hydrogens (tertiary/aromatic N) is 5. The van der Waals surface area contributed by atoms with Gasteiger partial charge in [0.2, 0.25) is 0 Å². The molecule has 0 fully saturated rings. The number of H-pyrrole nitrogens is 1. The van der Waals surface area contributed by atoms with Crippen molar-refractivity contribution >= 4 is 28.2 Å². The quantitative estimate of drug-likeness (QED) is 0.470.